The maximum Gasteiger partial charge on any atom is 0.261 e. The number of nitrogens with one attached hydrogen (secondary N) is 1. The quantitative estimate of drug-likeness (QED) is 0.830. The Morgan fingerprint density at radius 2 is 2.40 bits per heavy atom. The van der Waals surface area contributed by atoms with Crippen molar-refractivity contribution in [3.8, 4) is 11.8 Å². The molecule has 0 fully saturated rings. The zero-order chi connectivity index (χ0) is 14.5. The Kier molecular flexibility index (Phi) is 4.56. The maximum absolute atomic E-state index is 12.1. The van der Waals surface area contributed by atoms with Crippen molar-refractivity contribution >= 4 is 17.2 Å². The Hall–Kier alpha value is -2.10. The van der Waals surface area contributed by atoms with Gasteiger partial charge in [-0.05, 0) is 18.6 Å². The van der Waals surface area contributed by atoms with E-state index in [1.807, 2.05) is 24.7 Å². The molecule has 0 unspecified atom stereocenters. The largest absolute Gasteiger partial charge is 0.384 e. The average Bonchev–Trinajstić information content (AvgIpc) is 3.00. The van der Waals surface area contributed by atoms with E-state index in [9.17, 15) is 4.79 Å². The van der Waals surface area contributed by atoms with Crippen LogP contribution in [0.2, 0.25) is 0 Å². The Morgan fingerprint density at radius 1 is 1.60 bits per heavy atom. The SMILES string of the molecule is Cc1cc(C(=O)NCc2nccn2C)sc1C#CCO. The van der Waals surface area contributed by atoms with E-state index in [1.165, 1.54) is 11.3 Å². The van der Waals surface area contributed by atoms with Gasteiger partial charge in [0.2, 0.25) is 0 Å². The van der Waals surface area contributed by atoms with Crippen LogP contribution in [0.15, 0.2) is 18.5 Å². The van der Waals surface area contributed by atoms with Gasteiger partial charge in [0, 0.05) is 19.4 Å². The van der Waals surface area contributed by atoms with Gasteiger partial charge in [-0.25, -0.2) is 4.98 Å². The molecule has 0 spiro atoms. The molecule has 6 heteroatoms. The number of nitrogens with zero attached hydrogens (tertiary/aromatic N) is 2. The first kappa shape index (κ1) is 14.3. The number of aryl methyl sites for hydroxylation is 2. The summed E-state index contributed by atoms with van der Waals surface area (Å²) < 4.78 is 1.86. The molecule has 0 aliphatic carbocycles. The number of thiophene rings is 1. The first-order valence-corrected chi connectivity index (χ1v) is 6.88. The molecular formula is C14H15N3O2S. The van der Waals surface area contributed by atoms with Crippen LogP contribution in [0, 0.1) is 18.8 Å². The Morgan fingerprint density at radius 3 is 3.05 bits per heavy atom. The molecule has 0 saturated carbocycles. The molecule has 0 radical (unpaired) electrons. The first-order chi connectivity index (χ1) is 9.61. The minimum absolute atomic E-state index is 0.141. The van der Waals surface area contributed by atoms with E-state index in [4.69, 9.17) is 5.11 Å². The molecule has 2 N–H and O–H groups in total. The highest BCUT2D eigenvalue weighted by Crippen LogP contribution is 2.20. The van der Waals surface area contributed by atoms with Crippen LogP contribution < -0.4 is 5.32 Å². The monoisotopic (exact) mass is 289 g/mol. The zero-order valence-corrected chi connectivity index (χ0v) is 12.1. The summed E-state index contributed by atoms with van der Waals surface area (Å²) in [4.78, 5) is 17.6. The van der Waals surface area contributed by atoms with Crippen LogP contribution in [0.5, 0.6) is 0 Å². The van der Waals surface area contributed by atoms with Gasteiger partial charge in [0.25, 0.3) is 5.91 Å². The van der Waals surface area contributed by atoms with E-state index in [0.717, 1.165) is 16.3 Å². The molecule has 2 rings (SSSR count). The van der Waals surface area contributed by atoms with Crippen molar-refractivity contribution < 1.29 is 9.90 Å². The molecule has 0 saturated heterocycles. The van der Waals surface area contributed by atoms with Crippen molar-refractivity contribution in [2.45, 2.75) is 13.5 Å². The standard InChI is InChI=1S/C14H15N3O2S/c1-10-8-12(20-11(10)4-3-7-18)14(19)16-9-13-15-5-6-17(13)2/h5-6,8,18H,7,9H2,1-2H3,(H,16,19). The van der Waals surface area contributed by atoms with Gasteiger partial charge in [0.15, 0.2) is 0 Å². The van der Waals surface area contributed by atoms with Crippen LogP contribution in [0.3, 0.4) is 0 Å². The van der Waals surface area contributed by atoms with Crippen LogP contribution in [-0.4, -0.2) is 27.2 Å². The number of carbonyl (C=O) groups is 1. The van der Waals surface area contributed by atoms with Gasteiger partial charge >= 0.3 is 0 Å². The molecule has 1 amide bonds. The van der Waals surface area contributed by atoms with Gasteiger partial charge < -0.3 is 15.0 Å². The van der Waals surface area contributed by atoms with Gasteiger partial charge in [-0.15, -0.1) is 11.3 Å². The summed E-state index contributed by atoms with van der Waals surface area (Å²) in [5, 5.41) is 11.5. The second kappa shape index (κ2) is 6.37. The number of rotatable bonds is 3. The molecule has 2 aromatic rings. The van der Waals surface area contributed by atoms with Crippen LogP contribution in [0.25, 0.3) is 0 Å². The lowest BCUT2D eigenvalue weighted by atomic mass is 10.2. The molecule has 2 aromatic heterocycles. The van der Waals surface area contributed by atoms with Crippen molar-refractivity contribution in [3.63, 3.8) is 0 Å². The predicted molar refractivity (Wildman–Crippen MR) is 77.4 cm³/mol. The fourth-order valence-electron chi connectivity index (χ4n) is 1.65. The highest BCUT2D eigenvalue weighted by molar-refractivity contribution is 7.14. The van der Waals surface area contributed by atoms with E-state index >= 15 is 0 Å². The summed E-state index contributed by atoms with van der Waals surface area (Å²) in [6, 6.07) is 1.81. The second-order valence-corrected chi connectivity index (χ2v) is 5.27. The number of imidazole rings is 1. The third-order valence-electron chi connectivity index (χ3n) is 2.75. The lowest BCUT2D eigenvalue weighted by molar-refractivity contribution is 0.0953. The molecule has 0 aliphatic heterocycles. The average molecular weight is 289 g/mol. The highest BCUT2D eigenvalue weighted by atomic mass is 32.1. The number of aliphatic hydroxyl groups is 1. The summed E-state index contributed by atoms with van der Waals surface area (Å²) in [6.07, 6.45) is 3.53. The van der Waals surface area contributed by atoms with E-state index < -0.39 is 0 Å². The molecule has 104 valence electrons. The van der Waals surface area contributed by atoms with Crippen LogP contribution in [0.1, 0.15) is 25.9 Å². The minimum atomic E-state index is -0.183. The molecule has 0 aliphatic rings. The third kappa shape index (κ3) is 3.26. The molecule has 20 heavy (non-hydrogen) atoms. The number of amides is 1. The Balaban J connectivity index is 2.04. The summed E-state index contributed by atoms with van der Waals surface area (Å²) in [6.45, 7) is 2.10. The summed E-state index contributed by atoms with van der Waals surface area (Å²) in [5.74, 6) is 6.09. The molecule has 0 bridgehead atoms. The summed E-state index contributed by atoms with van der Waals surface area (Å²) in [7, 11) is 1.88. The molecule has 0 aromatic carbocycles. The van der Waals surface area contributed by atoms with Crippen molar-refractivity contribution in [1.82, 2.24) is 14.9 Å². The normalized spacial score (nSPS) is 9.95. The highest BCUT2D eigenvalue weighted by Gasteiger charge is 2.12. The van der Waals surface area contributed by atoms with Crippen molar-refractivity contribution in [2.24, 2.45) is 7.05 Å². The Bertz CT molecular complexity index is 676. The third-order valence-corrected chi connectivity index (χ3v) is 3.90. The van der Waals surface area contributed by atoms with Gasteiger partial charge in [-0.3, -0.25) is 4.79 Å². The number of aromatic nitrogens is 2. The fourth-order valence-corrected chi connectivity index (χ4v) is 2.61. The van der Waals surface area contributed by atoms with Crippen molar-refractivity contribution in [2.75, 3.05) is 6.61 Å². The Labute approximate surface area is 121 Å². The first-order valence-electron chi connectivity index (χ1n) is 6.06. The van der Waals surface area contributed by atoms with E-state index in [1.54, 1.807) is 12.3 Å². The molecular weight excluding hydrogens is 274 g/mol. The lowest BCUT2D eigenvalue weighted by Crippen LogP contribution is -2.23. The summed E-state index contributed by atoms with van der Waals surface area (Å²) >= 11 is 1.32. The number of carbonyl (C=O) groups excluding carboxylic acids is 1. The van der Waals surface area contributed by atoms with Gasteiger partial charge in [0.05, 0.1) is 16.3 Å². The molecule has 5 nitrogen and oxygen atoms in total. The van der Waals surface area contributed by atoms with E-state index in [0.29, 0.717) is 11.4 Å². The van der Waals surface area contributed by atoms with E-state index in [-0.39, 0.29) is 12.5 Å². The van der Waals surface area contributed by atoms with Crippen LogP contribution in [0.4, 0.5) is 0 Å². The number of hydrogen-bond donors (Lipinski definition) is 2. The van der Waals surface area contributed by atoms with Crippen LogP contribution >= 0.6 is 11.3 Å². The molecule has 0 atom stereocenters. The van der Waals surface area contributed by atoms with E-state index in [2.05, 4.69) is 22.1 Å². The topological polar surface area (TPSA) is 67.2 Å². The van der Waals surface area contributed by atoms with Gasteiger partial charge in [0.1, 0.15) is 12.4 Å². The summed E-state index contributed by atoms with van der Waals surface area (Å²) in [5.41, 5.74) is 0.943. The van der Waals surface area contributed by atoms with Crippen molar-refractivity contribution in [1.29, 1.82) is 0 Å². The fraction of sp³-hybridized carbons (Fsp3) is 0.286. The zero-order valence-electron chi connectivity index (χ0n) is 11.3. The number of aliphatic hydroxyl groups excluding tert-OH is 1. The number of hydrogen-bond acceptors (Lipinski definition) is 4. The lowest BCUT2D eigenvalue weighted by Gasteiger charge is -2.03. The van der Waals surface area contributed by atoms with Crippen molar-refractivity contribution in [3.05, 3.63) is 39.6 Å². The minimum Gasteiger partial charge on any atom is -0.384 e. The van der Waals surface area contributed by atoms with Crippen LogP contribution in [-0.2, 0) is 13.6 Å². The predicted octanol–water partition coefficient (Wildman–Crippen LogP) is 1.06. The maximum atomic E-state index is 12.1. The smallest absolute Gasteiger partial charge is 0.261 e. The second-order valence-electron chi connectivity index (χ2n) is 4.22. The molecule has 2 heterocycles. The van der Waals surface area contributed by atoms with Gasteiger partial charge in [-0.1, -0.05) is 11.8 Å². The van der Waals surface area contributed by atoms with Gasteiger partial charge in [-0.2, -0.15) is 0 Å².